The molecule has 1 atom stereocenters. The number of rotatable bonds is 4. The second-order valence-corrected chi connectivity index (χ2v) is 7.00. The smallest absolute Gasteiger partial charge is 0.185 e. The fraction of sp³-hybridized carbons (Fsp3) is 0.400. The van der Waals surface area contributed by atoms with Crippen LogP contribution in [0.1, 0.15) is 11.7 Å². The van der Waals surface area contributed by atoms with Gasteiger partial charge in [-0.15, -0.1) is 11.3 Å². The van der Waals surface area contributed by atoms with Crippen molar-refractivity contribution in [1.82, 2.24) is 9.88 Å². The Kier molecular flexibility index (Phi) is 5.21. The molecule has 2 aromatic rings. The van der Waals surface area contributed by atoms with E-state index in [0.717, 1.165) is 36.9 Å². The summed E-state index contributed by atoms with van der Waals surface area (Å²) < 4.78 is 0. The number of aromatic nitrogens is 1. The SMILES string of the molecule is OC(CN1CCN(c2nccs2)CC1)c1ccc(Cl)cc1Cl. The molecule has 1 aliphatic rings. The second kappa shape index (κ2) is 7.15. The number of β-amino-alcohol motifs (C(OH)–C–C–N with tert-alkyl or cyclic N) is 1. The molecule has 7 heteroatoms. The highest BCUT2D eigenvalue weighted by molar-refractivity contribution is 7.13. The number of halogens is 2. The van der Waals surface area contributed by atoms with E-state index < -0.39 is 6.10 Å². The summed E-state index contributed by atoms with van der Waals surface area (Å²) in [6, 6.07) is 5.22. The standard InChI is InChI=1S/C15H17Cl2N3OS/c16-11-1-2-12(13(17)9-11)14(21)10-19-4-6-20(7-5-19)15-18-3-8-22-15/h1-3,8-9,14,21H,4-7,10H2. The van der Waals surface area contributed by atoms with Crippen molar-refractivity contribution < 1.29 is 5.11 Å². The van der Waals surface area contributed by atoms with Crippen LogP contribution in [0, 0.1) is 0 Å². The van der Waals surface area contributed by atoms with E-state index in [1.165, 1.54) is 0 Å². The number of aliphatic hydroxyl groups is 1. The minimum absolute atomic E-state index is 0.515. The average molecular weight is 358 g/mol. The Hall–Kier alpha value is -0.850. The summed E-state index contributed by atoms with van der Waals surface area (Å²) in [6.07, 6.45) is 1.23. The highest BCUT2D eigenvalue weighted by atomic mass is 35.5. The van der Waals surface area contributed by atoms with Crippen molar-refractivity contribution in [3.63, 3.8) is 0 Å². The van der Waals surface area contributed by atoms with Crippen molar-refractivity contribution in [2.75, 3.05) is 37.6 Å². The summed E-state index contributed by atoms with van der Waals surface area (Å²) in [4.78, 5) is 8.87. The van der Waals surface area contributed by atoms with Gasteiger partial charge in [-0.05, 0) is 12.1 Å². The Labute approximate surface area is 143 Å². The molecule has 0 bridgehead atoms. The van der Waals surface area contributed by atoms with Crippen LogP contribution in [0.4, 0.5) is 5.13 Å². The number of thiazole rings is 1. The van der Waals surface area contributed by atoms with Gasteiger partial charge in [-0.3, -0.25) is 4.90 Å². The van der Waals surface area contributed by atoms with Gasteiger partial charge in [-0.1, -0.05) is 29.3 Å². The number of hydrogen-bond acceptors (Lipinski definition) is 5. The Bertz CT molecular complexity index is 615. The van der Waals surface area contributed by atoms with Crippen LogP contribution in [-0.2, 0) is 0 Å². The van der Waals surface area contributed by atoms with Crippen LogP contribution in [0.5, 0.6) is 0 Å². The fourth-order valence-corrected chi connectivity index (χ4v) is 3.84. The number of aliphatic hydroxyl groups excluding tert-OH is 1. The molecule has 0 amide bonds. The predicted molar refractivity (Wildman–Crippen MR) is 92.2 cm³/mol. The minimum atomic E-state index is -0.601. The molecule has 4 nitrogen and oxygen atoms in total. The minimum Gasteiger partial charge on any atom is -0.387 e. The number of nitrogens with zero attached hydrogens (tertiary/aromatic N) is 3. The first-order chi connectivity index (χ1) is 10.6. The molecule has 3 rings (SSSR count). The van der Waals surface area contributed by atoms with Crippen molar-refractivity contribution >= 4 is 39.7 Å². The van der Waals surface area contributed by atoms with Crippen molar-refractivity contribution in [1.29, 1.82) is 0 Å². The molecule has 1 unspecified atom stereocenters. The van der Waals surface area contributed by atoms with Crippen LogP contribution in [0.2, 0.25) is 10.0 Å². The largest absolute Gasteiger partial charge is 0.387 e. The highest BCUT2D eigenvalue weighted by Gasteiger charge is 2.22. The van der Waals surface area contributed by atoms with Gasteiger partial charge in [0, 0.05) is 59.9 Å². The molecule has 1 aromatic heterocycles. The van der Waals surface area contributed by atoms with Crippen molar-refractivity contribution in [2.45, 2.75) is 6.10 Å². The van der Waals surface area contributed by atoms with Crippen LogP contribution >= 0.6 is 34.5 Å². The van der Waals surface area contributed by atoms with Crippen molar-refractivity contribution in [3.05, 3.63) is 45.4 Å². The van der Waals surface area contributed by atoms with Gasteiger partial charge in [0.05, 0.1) is 6.10 Å². The molecule has 1 aliphatic heterocycles. The molecular weight excluding hydrogens is 341 g/mol. The zero-order valence-electron chi connectivity index (χ0n) is 12.0. The first-order valence-corrected chi connectivity index (χ1v) is 8.77. The molecule has 1 N–H and O–H groups in total. The average Bonchev–Trinajstić information content (AvgIpc) is 3.02. The quantitative estimate of drug-likeness (QED) is 0.910. The zero-order valence-corrected chi connectivity index (χ0v) is 14.3. The molecule has 0 spiro atoms. The van der Waals surface area contributed by atoms with E-state index in [0.29, 0.717) is 16.6 Å². The van der Waals surface area contributed by atoms with Crippen LogP contribution in [-0.4, -0.2) is 47.7 Å². The topological polar surface area (TPSA) is 39.6 Å². The van der Waals surface area contributed by atoms with Gasteiger partial charge in [-0.25, -0.2) is 4.98 Å². The highest BCUT2D eigenvalue weighted by Crippen LogP contribution is 2.27. The maximum Gasteiger partial charge on any atom is 0.185 e. The number of anilines is 1. The monoisotopic (exact) mass is 357 g/mol. The molecule has 118 valence electrons. The lowest BCUT2D eigenvalue weighted by Crippen LogP contribution is -2.47. The van der Waals surface area contributed by atoms with E-state index in [1.54, 1.807) is 29.5 Å². The van der Waals surface area contributed by atoms with E-state index in [9.17, 15) is 5.11 Å². The van der Waals surface area contributed by atoms with Crippen LogP contribution in [0.25, 0.3) is 0 Å². The lowest BCUT2D eigenvalue weighted by Gasteiger charge is -2.35. The van der Waals surface area contributed by atoms with Crippen LogP contribution in [0.3, 0.4) is 0 Å². The molecule has 22 heavy (non-hydrogen) atoms. The molecule has 1 saturated heterocycles. The van der Waals surface area contributed by atoms with Gasteiger partial charge in [-0.2, -0.15) is 0 Å². The lowest BCUT2D eigenvalue weighted by molar-refractivity contribution is 0.109. The predicted octanol–water partition coefficient (Wildman–Crippen LogP) is 3.31. The molecule has 2 heterocycles. The molecule has 0 aliphatic carbocycles. The molecule has 1 aromatic carbocycles. The summed E-state index contributed by atoms with van der Waals surface area (Å²) in [5.41, 5.74) is 0.730. The molecular formula is C15H17Cl2N3OS. The lowest BCUT2D eigenvalue weighted by atomic mass is 10.1. The summed E-state index contributed by atoms with van der Waals surface area (Å²) in [6.45, 7) is 4.24. The zero-order chi connectivity index (χ0) is 15.5. The van der Waals surface area contributed by atoms with Crippen LogP contribution in [0.15, 0.2) is 29.8 Å². The van der Waals surface area contributed by atoms with Gasteiger partial charge in [0.15, 0.2) is 5.13 Å². The maximum absolute atomic E-state index is 10.4. The van der Waals surface area contributed by atoms with Gasteiger partial charge < -0.3 is 10.0 Å². The normalized spacial score (nSPS) is 17.7. The number of piperazine rings is 1. The Morgan fingerprint density at radius 2 is 2.00 bits per heavy atom. The number of hydrogen-bond donors (Lipinski definition) is 1. The Morgan fingerprint density at radius 3 is 2.64 bits per heavy atom. The summed E-state index contributed by atoms with van der Waals surface area (Å²) in [5.74, 6) is 0. The summed E-state index contributed by atoms with van der Waals surface area (Å²) >= 11 is 13.7. The van der Waals surface area contributed by atoms with E-state index >= 15 is 0 Å². The van der Waals surface area contributed by atoms with E-state index in [4.69, 9.17) is 23.2 Å². The van der Waals surface area contributed by atoms with E-state index in [-0.39, 0.29) is 0 Å². The Balaban J connectivity index is 1.56. The van der Waals surface area contributed by atoms with Gasteiger partial charge in [0.1, 0.15) is 0 Å². The number of benzene rings is 1. The van der Waals surface area contributed by atoms with Gasteiger partial charge in [0.2, 0.25) is 0 Å². The first-order valence-electron chi connectivity index (χ1n) is 7.13. The van der Waals surface area contributed by atoms with Crippen molar-refractivity contribution in [2.24, 2.45) is 0 Å². The summed E-state index contributed by atoms with van der Waals surface area (Å²) in [7, 11) is 0. The van der Waals surface area contributed by atoms with Gasteiger partial charge >= 0.3 is 0 Å². The fourth-order valence-electron chi connectivity index (χ4n) is 2.61. The molecule has 0 radical (unpaired) electrons. The molecule has 0 saturated carbocycles. The van der Waals surface area contributed by atoms with Crippen molar-refractivity contribution in [3.8, 4) is 0 Å². The second-order valence-electron chi connectivity index (χ2n) is 5.28. The third-order valence-electron chi connectivity index (χ3n) is 3.81. The van der Waals surface area contributed by atoms with E-state index in [1.807, 2.05) is 11.6 Å². The van der Waals surface area contributed by atoms with Crippen LogP contribution < -0.4 is 4.90 Å². The third kappa shape index (κ3) is 3.73. The summed E-state index contributed by atoms with van der Waals surface area (Å²) in [5, 5.41) is 14.6. The Morgan fingerprint density at radius 1 is 1.23 bits per heavy atom. The third-order valence-corrected chi connectivity index (χ3v) is 5.21. The van der Waals surface area contributed by atoms with Gasteiger partial charge in [0.25, 0.3) is 0 Å². The molecule has 1 fully saturated rings. The first kappa shape index (κ1) is 16.0. The van der Waals surface area contributed by atoms with E-state index in [2.05, 4.69) is 14.8 Å². The maximum atomic E-state index is 10.4.